The van der Waals surface area contributed by atoms with E-state index in [4.69, 9.17) is 10.5 Å². The molecule has 0 aliphatic rings. The highest BCUT2D eigenvalue weighted by atomic mass is 32.1. The second-order valence-electron chi connectivity index (χ2n) is 4.37. The van der Waals surface area contributed by atoms with E-state index in [2.05, 4.69) is 10.3 Å². The molecule has 2 unspecified atom stereocenters. The van der Waals surface area contributed by atoms with Crippen LogP contribution in [-0.2, 0) is 16.0 Å². The normalized spacial score (nSPS) is 14.3. The maximum Gasteiger partial charge on any atom is 0.234 e. The van der Waals surface area contributed by atoms with E-state index in [1.54, 1.807) is 18.3 Å². The minimum absolute atomic E-state index is 0.232. The van der Waals surface area contributed by atoms with Crippen LogP contribution >= 0.6 is 11.3 Å². The van der Waals surface area contributed by atoms with Crippen LogP contribution in [0.1, 0.15) is 17.5 Å². The molecule has 1 amide bonds. The Hall–Kier alpha value is -1.02. The number of primary amides is 1. The number of nitrogens with zero attached hydrogens (tertiary/aromatic N) is 1. The zero-order valence-corrected chi connectivity index (χ0v) is 12.1. The lowest BCUT2D eigenvalue weighted by Gasteiger charge is -2.15. The van der Waals surface area contributed by atoms with Crippen molar-refractivity contribution in [3.63, 3.8) is 0 Å². The van der Waals surface area contributed by atoms with E-state index >= 15 is 0 Å². The second kappa shape index (κ2) is 8.21. The Bertz CT molecular complexity index is 397. The van der Waals surface area contributed by atoms with Crippen molar-refractivity contribution < 1.29 is 14.6 Å². The molecule has 0 bridgehead atoms. The number of amides is 1. The van der Waals surface area contributed by atoms with Gasteiger partial charge in [0.1, 0.15) is 0 Å². The van der Waals surface area contributed by atoms with E-state index in [-0.39, 0.29) is 13.2 Å². The molecule has 1 aromatic rings. The Morgan fingerprint density at radius 3 is 3.00 bits per heavy atom. The van der Waals surface area contributed by atoms with Gasteiger partial charge in [0.05, 0.1) is 36.6 Å². The van der Waals surface area contributed by atoms with Gasteiger partial charge in [-0.15, -0.1) is 11.3 Å². The molecular formula is C12H21N3O3S. The minimum atomic E-state index is -0.649. The highest BCUT2D eigenvalue weighted by Gasteiger charge is 2.11. The molecule has 0 spiro atoms. The number of aliphatic hydroxyl groups excluding tert-OH is 1. The molecule has 108 valence electrons. The van der Waals surface area contributed by atoms with Crippen LogP contribution in [0.5, 0.6) is 0 Å². The van der Waals surface area contributed by atoms with Crippen molar-refractivity contribution in [2.75, 3.05) is 19.8 Å². The van der Waals surface area contributed by atoms with Crippen molar-refractivity contribution >= 4 is 17.2 Å². The van der Waals surface area contributed by atoms with E-state index in [1.807, 2.05) is 12.4 Å². The Labute approximate surface area is 117 Å². The van der Waals surface area contributed by atoms with Gasteiger partial charge >= 0.3 is 0 Å². The molecule has 2 atom stereocenters. The topological polar surface area (TPSA) is 97.5 Å². The van der Waals surface area contributed by atoms with Gasteiger partial charge in [-0.2, -0.15) is 0 Å². The number of rotatable bonds is 9. The summed E-state index contributed by atoms with van der Waals surface area (Å²) in [5.41, 5.74) is 7.94. The maximum atomic E-state index is 10.8. The molecular weight excluding hydrogens is 266 g/mol. The lowest BCUT2D eigenvalue weighted by molar-refractivity contribution is -0.119. The third-order valence-corrected chi connectivity index (χ3v) is 3.71. The SMILES string of the molecule is Cc1ncsc1CCOCC(O)CNC(C)C(N)=O. The van der Waals surface area contributed by atoms with Gasteiger partial charge in [-0.25, -0.2) is 4.98 Å². The first-order valence-corrected chi connectivity index (χ1v) is 7.06. The predicted molar refractivity (Wildman–Crippen MR) is 74.0 cm³/mol. The zero-order chi connectivity index (χ0) is 14.3. The van der Waals surface area contributed by atoms with Gasteiger partial charge in [0.15, 0.2) is 0 Å². The second-order valence-corrected chi connectivity index (χ2v) is 5.31. The molecule has 7 heteroatoms. The lowest BCUT2D eigenvalue weighted by atomic mass is 10.3. The molecule has 1 heterocycles. The largest absolute Gasteiger partial charge is 0.389 e. The predicted octanol–water partition coefficient (Wildman–Crippen LogP) is -0.165. The Balaban J connectivity index is 2.09. The maximum absolute atomic E-state index is 10.8. The van der Waals surface area contributed by atoms with Crippen LogP contribution in [0.2, 0.25) is 0 Å². The smallest absolute Gasteiger partial charge is 0.234 e. The molecule has 19 heavy (non-hydrogen) atoms. The number of hydrogen-bond donors (Lipinski definition) is 3. The highest BCUT2D eigenvalue weighted by Crippen LogP contribution is 2.12. The lowest BCUT2D eigenvalue weighted by Crippen LogP contribution is -2.43. The number of aryl methyl sites for hydroxylation is 1. The monoisotopic (exact) mass is 287 g/mol. The molecule has 1 rings (SSSR count). The number of nitrogens with one attached hydrogen (secondary N) is 1. The number of ether oxygens (including phenoxy) is 1. The van der Waals surface area contributed by atoms with E-state index in [0.717, 1.165) is 12.1 Å². The van der Waals surface area contributed by atoms with Crippen molar-refractivity contribution in [3.05, 3.63) is 16.1 Å². The van der Waals surface area contributed by atoms with Crippen molar-refractivity contribution in [2.45, 2.75) is 32.4 Å². The van der Waals surface area contributed by atoms with Crippen LogP contribution < -0.4 is 11.1 Å². The fourth-order valence-electron chi connectivity index (χ4n) is 1.42. The minimum Gasteiger partial charge on any atom is -0.389 e. The zero-order valence-electron chi connectivity index (χ0n) is 11.3. The fraction of sp³-hybridized carbons (Fsp3) is 0.667. The summed E-state index contributed by atoms with van der Waals surface area (Å²) in [5.74, 6) is -0.436. The third kappa shape index (κ3) is 6.11. The molecule has 0 aliphatic heterocycles. The molecule has 1 aromatic heterocycles. The van der Waals surface area contributed by atoms with Crippen molar-refractivity contribution in [1.82, 2.24) is 10.3 Å². The van der Waals surface area contributed by atoms with Crippen LogP contribution in [0.15, 0.2) is 5.51 Å². The summed E-state index contributed by atoms with van der Waals surface area (Å²) in [7, 11) is 0. The molecule has 0 radical (unpaired) electrons. The third-order valence-electron chi connectivity index (χ3n) is 2.71. The first kappa shape index (κ1) is 16.0. The number of nitrogens with two attached hydrogens (primary N) is 1. The summed E-state index contributed by atoms with van der Waals surface area (Å²) in [6, 6.07) is -0.450. The summed E-state index contributed by atoms with van der Waals surface area (Å²) in [6.45, 7) is 4.68. The van der Waals surface area contributed by atoms with Gasteiger partial charge in [0.2, 0.25) is 5.91 Å². The first-order valence-electron chi connectivity index (χ1n) is 6.18. The van der Waals surface area contributed by atoms with Gasteiger partial charge in [0.25, 0.3) is 0 Å². The van der Waals surface area contributed by atoms with Gasteiger partial charge in [0, 0.05) is 17.8 Å². The summed E-state index contributed by atoms with van der Waals surface area (Å²) in [6.07, 6.45) is 0.151. The first-order chi connectivity index (χ1) is 9.00. The molecule has 0 fully saturated rings. The summed E-state index contributed by atoms with van der Waals surface area (Å²) < 4.78 is 5.39. The van der Waals surface area contributed by atoms with Gasteiger partial charge < -0.3 is 20.9 Å². The van der Waals surface area contributed by atoms with Crippen LogP contribution in [0.4, 0.5) is 0 Å². The van der Waals surface area contributed by atoms with E-state index < -0.39 is 18.1 Å². The number of aliphatic hydroxyl groups is 1. The van der Waals surface area contributed by atoms with Crippen LogP contribution in [0.25, 0.3) is 0 Å². The van der Waals surface area contributed by atoms with Crippen molar-refractivity contribution in [2.24, 2.45) is 5.73 Å². The van der Waals surface area contributed by atoms with Crippen molar-refractivity contribution in [1.29, 1.82) is 0 Å². The summed E-state index contributed by atoms with van der Waals surface area (Å²) in [5, 5.41) is 12.5. The van der Waals surface area contributed by atoms with E-state index in [1.165, 1.54) is 4.88 Å². The molecule has 0 aromatic carbocycles. The molecule has 4 N–H and O–H groups in total. The Kier molecular flexibility index (Phi) is 6.93. The number of carbonyl (C=O) groups excluding carboxylic acids is 1. The highest BCUT2D eigenvalue weighted by molar-refractivity contribution is 7.09. The molecule has 0 aliphatic carbocycles. The van der Waals surface area contributed by atoms with Crippen molar-refractivity contribution in [3.8, 4) is 0 Å². The number of thiazole rings is 1. The standard InChI is InChI=1S/C12H21N3O3S/c1-8-11(19-7-15-8)3-4-18-6-10(16)5-14-9(2)12(13)17/h7,9-10,14,16H,3-6H2,1-2H3,(H2,13,17). The Morgan fingerprint density at radius 1 is 1.68 bits per heavy atom. The quantitative estimate of drug-likeness (QED) is 0.548. The molecule has 6 nitrogen and oxygen atoms in total. The van der Waals surface area contributed by atoms with Gasteiger partial charge in [-0.05, 0) is 13.8 Å². The average molecular weight is 287 g/mol. The Morgan fingerprint density at radius 2 is 2.42 bits per heavy atom. The van der Waals surface area contributed by atoms with Gasteiger partial charge in [-0.1, -0.05) is 0 Å². The number of aromatic nitrogens is 1. The number of carbonyl (C=O) groups is 1. The van der Waals surface area contributed by atoms with E-state index in [9.17, 15) is 9.90 Å². The molecule has 0 saturated carbocycles. The van der Waals surface area contributed by atoms with Crippen LogP contribution in [0, 0.1) is 6.92 Å². The average Bonchev–Trinajstić information content (AvgIpc) is 2.77. The van der Waals surface area contributed by atoms with Gasteiger partial charge in [-0.3, -0.25) is 4.79 Å². The van der Waals surface area contributed by atoms with Crippen LogP contribution in [-0.4, -0.2) is 47.9 Å². The molecule has 0 saturated heterocycles. The summed E-state index contributed by atoms with van der Waals surface area (Å²) in [4.78, 5) is 16.1. The fourth-order valence-corrected chi connectivity index (χ4v) is 2.19. The number of hydrogen-bond acceptors (Lipinski definition) is 6. The summed E-state index contributed by atoms with van der Waals surface area (Å²) >= 11 is 1.61. The van der Waals surface area contributed by atoms with Crippen LogP contribution in [0.3, 0.4) is 0 Å². The van der Waals surface area contributed by atoms with E-state index in [0.29, 0.717) is 6.61 Å².